The molecule has 0 aliphatic carbocycles. The van der Waals surface area contributed by atoms with Crippen LogP contribution in [0.15, 0.2) is 30.6 Å². The molecule has 1 amide bonds. The second-order valence-electron chi connectivity index (χ2n) is 5.30. The Bertz CT molecular complexity index is 652. The molecule has 0 atom stereocenters. The van der Waals surface area contributed by atoms with Crippen molar-refractivity contribution in [2.45, 2.75) is 6.54 Å². The van der Waals surface area contributed by atoms with Crippen molar-refractivity contribution in [1.29, 1.82) is 0 Å². The van der Waals surface area contributed by atoms with Crippen molar-refractivity contribution in [3.8, 4) is 0 Å². The van der Waals surface area contributed by atoms with Crippen LogP contribution in [0, 0.1) is 11.6 Å². The van der Waals surface area contributed by atoms with Gasteiger partial charge in [-0.05, 0) is 17.7 Å². The Morgan fingerprint density at radius 3 is 2.59 bits per heavy atom. The Labute approximate surface area is 126 Å². The molecule has 2 heterocycles. The molecule has 0 bridgehead atoms. The highest BCUT2D eigenvalue weighted by atomic mass is 19.2. The Hall–Kier alpha value is -2.28. The van der Waals surface area contributed by atoms with Crippen molar-refractivity contribution in [1.82, 2.24) is 20.0 Å². The van der Waals surface area contributed by atoms with Crippen LogP contribution >= 0.6 is 0 Å². The second-order valence-corrected chi connectivity index (χ2v) is 5.30. The van der Waals surface area contributed by atoms with E-state index in [1.54, 1.807) is 17.2 Å². The number of hydrogen-bond acceptors (Lipinski definition) is 3. The van der Waals surface area contributed by atoms with E-state index < -0.39 is 11.6 Å². The number of nitrogens with zero attached hydrogens (tertiary/aromatic N) is 3. The highest BCUT2D eigenvalue weighted by Gasteiger charge is 2.22. The first-order valence-corrected chi connectivity index (χ1v) is 7.08. The number of H-pyrrole nitrogens is 1. The summed E-state index contributed by atoms with van der Waals surface area (Å²) in [5, 5.41) is 6.40. The van der Waals surface area contributed by atoms with Crippen LogP contribution in [-0.4, -0.2) is 52.1 Å². The van der Waals surface area contributed by atoms with Crippen LogP contribution in [0.1, 0.15) is 15.9 Å². The fourth-order valence-electron chi connectivity index (χ4n) is 2.56. The van der Waals surface area contributed by atoms with Gasteiger partial charge in [0.05, 0.1) is 11.8 Å². The molecule has 1 aromatic heterocycles. The minimum atomic E-state index is -0.834. The molecule has 0 saturated carbocycles. The Kier molecular flexibility index (Phi) is 4.15. The number of aromatic nitrogens is 2. The molecule has 1 aliphatic rings. The van der Waals surface area contributed by atoms with Crippen LogP contribution < -0.4 is 0 Å². The number of nitrogens with one attached hydrogen (secondary N) is 1. The van der Waals surface area contributed by atoms with Crippen LogP contribution in [0.5, 0.6) is 0 Å². The van der Waals surface area contributed by atoms with Crippen LogP contribution in [0.2, 0.25) is 0 Å². The average Bonchev–Trinajstić information content (AvgIpc) is 3.05. The molecule has 2 aromatic rings. The number of amides is 1. The largest absolute Gasteiger partial charge is 0.336 e. The number of carbonyl (C=O) groups is 1. The number of hydrogen-bond donors (Lipinski definition) is 1. The maximum atomic E-state index is 13.2. The molecule has 1 saturated heterocycles. The van der Waals surface area contributed by atoms with Crippen LogP contribution in [0.4, 0.5) is 8.78 Å². The molecule has 1 fully saturated rings. The van der Waals surface area contributed by atoms with E-state index in [9.17, 15) is 13.6 Å². The quantitative estimate of drug-likeness (QED) is 0.938. The SMILES string of the molecule is O=C(c1cn[nH]c1)N1CCN(Cc2ccc(F)c(F)c2)CC1. The fraction of sp³-hybridized carbons (Fsp3) is 0.333. The summed E-state index contributed by atoms with van der Waals surface area (Å²) in [4.78, 5) is 16.1. The topological polar surface area (TPSA) is 52.2 Å². The zero-order chi connectivity index (χ0) is 15.5. The lowest BCUT2D eigenvalue weighted by Crippen LogP contribution is -2.48. The molecule has 3 rings (SSSR count). The van der Waals surface area contributed by atoms with Crippen molar-refractivity contribution in [2.24, 2.45) is 0 Å². The number of aromatic amines is 1. The van der Waals surface area contributed by atoms with Crippen LogP contribution in [0.3, 0.4) is 0 Å². The second kappa shape index (κ2) is 6.23. The number of carbonyl (C=O) groups excluding carboxylic acids is 1. The number of rotatable bonds is 3. The summed E-state index contributed by atoms with van der Waals surface area (Å²) in [6.07, 6.45) is 3.09. The van der Waals surface area contributed by atoms with Crippen molar-refractivity contribution >= 4 is 5.91 Å². The zero-order valence-corrected chi connectivity index (χ0v) is 11.9. The molecule has 0 radical (unpaired) electrons. The fourth-order valence-corrected chi connectivity index (χ4v) is 2.56. The minimum absolute atomic E-state index is 0.0405. The molecule has 7 heteroatoms. The monoisotopic (exact) mass is 306 g/mol. The van der Waals surface area contributed by atoms with Gasteiger partial charge in [0.2, 0.25) is 0 Å². The normalized spacial score (nSPS) is 16.0. The van der Waals surface area contributed by atoms with Gasteiger partial charge in [-0.15, -0.1) is 0 Å². The predicted molar refractivity (Wildman–Crippen MR) is 76.1 cm³/mol. The van der Waals surface area contributed by atoms with Crippen molar-refractivity contribution in [3.63, 3.8) is 0 Å². The third kappa shape index (κ3) is 3.14. The molecule has 0 spiro atoms. The smallest absolute Gasteiger partial charge is 0.257 e. The summed E-state index contributed by atoms with van der Waals surface area (Å²) >= 11 is 0. The van der Waals surface area contributed by atoms with E-state index in [1.807, 2.05) is 0 Å². The van der Waals surface area contributed by atoms with E-state index in [-0.39, 0.29) is 5.91 Å². The molecule has 1 N–H and O–H groups in total. The first kappa shape index (κ1) is 14.6. The Balaban J connectivity index is 1.55. The van der Waals surface area contributed by atoms with Gasteiger partial charge in [0.25, 0.3) is 5.91 Å². The molecule has 1 aromatic carbocycles. The van der Waals surface area contributed by atoms with Gasteiger partial charge in [0.15, 0.2) is 11.6 Å². The van der Waals surface area contributed by atoms with Gasteiger partial charge in [-0.25, -0.2) is 8.78 Å². The third-order valence-electron chi connectivity index (χ3n) is 3.79. The molecule has 116 valence electrons. The minimum Gasteiger partial charge on any atom is -0.336 e. The van der Waals surface area contributed by atoms with Gasteiger partial charge in [-0.2, -0.15) is 5.10 Å². The highest BCUT2D eigenvalue weighted by Crippen LogP contribution is 2.13. The van der Waals surface area contributed by atoms with Gasteiger partial charge in [0.1, 0.15) is 0 Å². The summed E-state index contributed by atoms with van der Waals surface area (Å²) < 4.78 is 26.1. The van der Waals surface area contributed by atoms with Crippen molar-refractivity contribution < 1.29 is 13.6 Å². The third-order valence-corrected chi connectivity index (χ3v) is 3.79. The van der Waals surface area contributed by atoms with Crippen LogP contribution in [-0.2, 0) is 6.54 Å². The van der Waals surface area contributed by atoms with Crippen molar-refractivity contribution in [3.05, 3.63) is 53.4 Å². The Morgan fingerprint density at radius 2 is 1.95 bits per heavy atom. The lowest BCUT2D eigenvalue weighted by atomic mass is 10.2. The predicted octanol–water partition coefficient (Wildman–Crippen LogP) is 1.65. The lowest BCUT2D eigenvalue weighted by molar-refractivity contribution is 0.0628. The summed E-state index contributed by atoms with van der Waals surface area (Å²) in [6.45, 7) is 3.15. The van der Waals surface area contributed by atoms with E-state index in [2.05, 4.69) is 15.1 Å². The van der Waals surface area contributed by atoms with Crippen molar-refractivity contribution in [2.75, 3.05) is 26.2 Å². The number of piperazine rings is 1. The maximum absolute atomic E-state index is 13.2. The van der Waals surface area contributed by atoms with E-state index in [0.717, 1.165) is 11.6 Å². The van der Waals surface area contributed by atoms with E-state index in [4.69, 9.17) is 0 Å². The molecule has 5 nitrogen and oxygen atoms in total. The summed E-state index contributed by atoms with van der Waals surface area (Å²) in [5.74, 6) is -1.70. The zero-order valence-electron chi connectivity index (χ0n) is 11.9. The number of benzene rings is 1. The number of halogens is 2. The molecule has 22 heavy (non-hydrogen) atoms. The highest BCUT2D eigenvalue weighted by molar-refractivity contribution is 5.93. The summed E-state index contributed by atoms with van der Waals surface area (Å²) in [7, 11) is 0. The first-order valence-electron chi connectivity index (χ1n) is 7.08. The standard InChI is InChI=1S/C15H16F2N4O/c16-13-2-1-11(7-14(13)17)10-20-3-5-21(6-4-20)15(22)12-8-18-19-9-12/h1-2,7-9H,3-6,10H2,(H,18,19). The van der Waals surface area contributed by atoms with E-state index in [1.165, 1.54) is 12.3 Å². The van der Waals surface area contributed by atoms with E-state index >= 15 is 0 Å². The van der Waals surface area contributed by atoms with Gasteiger partial charge < -0.3 is 4.90 Å². The van der Waals surface area contributed by atoms with Gasteiger partial charge in [0, 0.05) is 38.9 Å². The summed E-state index contributed by atoms with van der Waals surface area (Å²) in [5.41, 5.74) is 1.28. The summed E-state index contributed by atoms with van der Waals surface area (Å²) in [6, 6.07) is 3.95. The molecule has 1 aliphatic heterocycles. The Morgan fingerprint density at radius 1 is 1.18 bits per heavy atom. The first-order chi connectivity index (χ1) is 10.6. The van der Waals surface area contributed by atoms with Gasteiger partial charge in [-0.3, -0.25) is 14.8 Å². The average molecular weight is 306 g/mol. The van der Waals surface area contributed by atoms with Crippen LogP contribution in [0.25, 0.3) is 0 Å². The molecule has 0 unspecified atom stereocenters. The van der Waals surface area contributed by atoms with Gasteiger partial charge >= 0.3 is 0 Å². The molecular formula is C15H16F2N4O. The lowest BCUT2D eigenvalue weighted by Gasteiger charge is -2.34. The molecular weight excluding hydrogens is 290 g/mol. The maximum Gasteiger partial charge on any atom is 0.257 e. The van der Waals surface area contributed by atoms with Gasteiger partial charge in [-0.1, -0.05) is 6.07 Å². The van der Waals surface area contributed by atoms with E-state index in [0.29, 0.717) is 38.3 Å².